The first-order valence-corrected chi connectivity index (χ1v) is 6.21. The maximum absolute atomic E-state index is 4.37. The molecule has 0 bridgehead atoms. The molecule has 2 nitrogen and oxygen atoms in total. The Kier molecular flexibility index (Phi) is 5.12. The molecule has 0 saturated heterocycles. The highest BCUT2D eigenvalue weighted by Crippen LogP contribution is 2.18. The molecule has 0 aliphatic carbocycles. The second kappa shape index (κ2) is 6.14. The summed E-state index contributed by atoms with van der Waals surface area (Å²) in [6.07, 6.45) is 5.82. The lowest BCUT2D eigenvalue weighted by atomic mass is 10.2. The molecular weight excluding hydrogens is 192 g/mol. The molecule has 1 heterocycles. The van der Waals surface area contributed by atoms with E-state index in [1.807, 2.05) is 6.20 Å². The van der Waals surface area contributed by atoms with Crippen molar-refractivity contribution < 1.29 is 0 Å². The van der Waals surface area contributed by atoms with Gasteiger partial charge < -0.3 is 5.32 Å². The number of unbranched alkanes of at least 4 members (excludes halogenated alkanes) is 2. The molecule has 1 aromatic heterocycles. The lowest BCUT2D eigenvalue weighted by Crippen LogP contribution is -2.19. The lowest BCUT2D eigenvalue weighted by molar-refractivity contribution is 0.542. The molecule has 1 rings (SSSR count). The minimum atomic E-state index is 0.408. The highest BCUT2D eigenvalue weighted by atomic mass is 32.1. The van der Waals surface area contributed by atoms with Gasteiger partial charge in [0.2, 0.25) is 0 Å². The number of nitrogens with one attached hydrogen (secondary N) is 1. The van der Waals surface area contributed by atoms with E-state index in [9.17, 15) is 0 Å². The fourth-order valence-corrected chi connectivity index (χ4v) is 2.15. The molecule has 3 heteroatoms. The van der Waals surface area contributed by atoms with Gasteiger partial charge in [-0.25, -0.2) is 4.98 Å². The first kappa shape index (κ1) is 11.7. The Bertz CT molecular complexity index is 258. The van der Waals surface area contributed by atoms with E-state index in [2.05, 4.69) is 31.1 Å². The van der Waals surface area contributed by atoms with E-state index in [4.69, 9.17) is 0 Å². The number of nitrogens with zero attached hydrogens (tertiary/aromatic N) is 1. The van der Waals surface area contributed by atoms with Crippen molar-refractivity contribution in [3.63, 3.8) is 0 Å². The minimum absolute atomic E-state index is 0.408. The van der Waals surface area contributed by atoms with Gasteiger partial charge >= 0.3 is 0 Å². The van der Waals surface area contributed by atoms with Crippen LogP contribution < -0.4 is 5.32 Å². The van der Waals surface area contributed by atoms with Gasteiger partial charge in [-0.05, 0) is 26.8 Å². The average molecular weight is 212 g/mol. The van der Waals surface area contributed by atoms with E-state index < -0.39 is 0 Å². The fourth-order valence-electron chi connectivity index (χ4n) is 1.35. The summed E-state index contributed by atoms with van der Waals surface area (Å²) in [7, 11) is 0. The van der Waals surface area contributed by atoms with Crippen LogP contribution in [-0.2, 0) is 0 Å². The highest BCUT2D eigenvalue weighted by molar-refractivity contribution is 7.11. The van der Waals surface area contributed by atoms with Crippen molar-refractivity contribution in [2.24, 2.45) is 0 Å². The number of hydrogen-bond acceptors (Lipinski definition) is 3. The molecular formula is C11H20N2S. The summed E-state index contributed by atoms with van der Waals surface area (Å²) in [6, 6.07) is 0.408. The molecule has 0 fully saturated rings. The zero-order chi connectivity index (χ0) is 10.4. The number of aryl methyl sites for hydroxylation is 1. The van der Waals surface area contributed by atoms with E-state index in [0.717, 1.165) is 6.54 Å². The molecule has 1 atom stereocenters. The number of hydrogen-bond donors (Lipinski definition) is 1. The smallest absolute Gasteiger partial charge is 0.109 e. The van der Waals surface area contributed by atoms with Crippen LogP contribution >= 0.6 is 11.3 Å². The summed E-state index contributed by atoms with van der Waals surface area (Å²) in [4.78, 5) is 5.66. The molecule has 1 aromatic rings. The summed E-state index contributed by atoms with van der Waals surface area (Å²) in [5, 5.41) is 4.70. The minimum Gasteiger partial charge on any atom is -0.308 e. The molecule has 0 aliphatic heterocycles. The molecule has 0 radical (unpaired) electrons. The standard InChI is InChI=1S/C11H20N2S/c1-4-5-6-7-12-10(3)11-13-8-9(2)14-11/h8,10,12H,4-7H2,1-3H3. The quantitative estimate of drug-likeness (QED) is 0.732. The van der Waals surface area contributed by atoms with Gasteiger partial charge in [-0.2, -0.15) is 0 Å². The zero-order valence-corrected chi connectivity index (χ0v) is 10.2. The van der Waals surface area contributed by atoms with E-state index in [0.29, 0.717) is 6.04 Å². The van der Waals surface area contributed by atoms with Gasteiger partial charge in [0.1, 0.15) is 5.01 Å². The van der Waals surface area contributed by atoms with Crippen LogP contribution in [0.15, 0.2) is 6.20 Å². The number of rotatable bonds is 6. The van der Waals surface area contributed by atoms with Crippen molar-refractivity contribution in [3.05, 3.63) is 16.1 Å². The third kappa shape index (κ3) is 3.76. The molecule has 80 valence electrons. The monoisotopic (exact) mass is 212 g/mol. The van der Waals surface area contributed by atoms with Crippen molar-refractivity contribution in [2.75, 3.05) is 6.54 Å². The van der Waals surface area contributed by atoms with Gasteiger partial charge in [-0.3, -0.25) is 0 Å². The molecule has 0 amide bonds. The van der Waals surface area contributed by atoms with E-state index in [1.165, 1.54) is 29.1 Å². The van der Waals surface area contributed by atoms with Crippen molar-refractivity contribution in [1.29, 1.82) is 0 Å². The van der Waals surface area contributed by atoms with Crippen LogP contribution in [0.3, 0.4) is 0 Å². The Hall–Kier alpha value is -0.410. The SMILES string of the molecule is CCCCCNC(C)c1ncc(C)s1. The van der Waals surface area contributed by atoms with Crippen molar-refractivity contribution >= 4 is 11.3 Å². The summed E-state index contributed by atoms with van der Waals surface area (Å²) in [5.74, 6) is 0. The molecule has 14 heavy (non-hydrogen) atoms. The Morgan fingerprint density at radius 2 is 2.29 bits per heavy atom. The Balaban J connectivity index is 2.25. The molecule has 1 unspecified atom stereocenters. The second-order valence-electron chi connectivity index (χ2n) is 3.69. The maximum atomic E-state index is 4.37. The molecule has 0 aliphatic rings. The highest BCUT2D eigenvalue weighted by Gasteiger charge is 2.07. The Morgan fingerprint density at radius 3 is 2.86 bits per heavy atom. The van der Waals surface area contributed by atoms with Gasteiger partial charge in [0, 0.05) is 11.1 Å². The molecule has 0 aromatic carbocycles. The maximum Gasteiger partial charge on any atom is 0.109 e. The summed E-state index contributed by atoms with van der Waals surface area (Å²) in [5.41, 5.74) is 0. The summed E-state index contributed by atoms with van der Waals surface area (Å²) in [6.45, 7) is 7.62. The van der Waals surface area contributed by atoms with E-state index >= 15 is 0 Å². The van der Waals surface area contributed by atoms with Crippen LogP contribution in [0.5, 0.6) is 0 Å². The van der Waals surface area contributed by atoms with Crippen LogP contribution in [0.1, 0.15) is 49.0 Å². The van der Waals surface area contributed by atoms with Gasteiger partial charge in [0.05, 0.1) is 6.04 Å². The number of thiazole rings is 1. The first-order valence-electron chi connectivity index (χ1n) is 5.39. The average Bonchev–Trinajstić information content (AvgIpc) is 2.59. The van der Waals surface area contributed by atoms with Gasteiger partial charge in [-0.1, -0.05) is 19.8 Å². The summed E-state index contributed by atoms with van der Waals surface area (Å²) >= 11 is 1.79. The van der Waals surface area contributed by atoms with Gasteiger partial charge in [0.15, 0.2) is 0 Å². The third-order valence-electron chi connectivity index (χ3n) is 2.24. The van der Waals surface area contributed by atoms with Crippen LogP contribution in [0, 0.1) is 6.92 Å². The van der Waals surface area contributed by atoms with Crippen LogP contribution in [0.2, 0.25) is 0 Å². The van der Waals surface area contributed by atoms with Crippen molar-refractivity contribution in [2.45, 2.75) is 46.1 Å². The Labute approximate surface area is 90.8 Å². The normalized spacial score (nSPS) is 13.1. The fraction of sp³-hybridized carbons (Fsp3) is 0.727. The van der Waals surface area contributed by atoms with Gasteiger partial charge in [-0.15, -0.1) is 11.3 Å². The van der Waals surface area contributed by atoms with E-state index in [1.54, 1.807) is 11.3 Å². The zero-order valence-electron chi connectivity index (χ0n) is 9.34. The molecule has 0 spiro atoms. The largest absolute Gasteiger partial charge is 0.308 e. The first-order chi connectivity index (χ1) is 6.74. The van der Waals surface area contributed by atoms with Crippen molar-refractivity contribution in [3.8, 4) is 0 Å². The van der Waals surface area contributed by atoms with Crippen LogP contribution in [0.4, 0.5) is 0 Å². The second-order valence-corrected chi connectivity index (χ2v) is 4.96. The molecule has 0 saturated carbocycles. The van der Waals surface area contributed by atoms with E-state index in [-0.39, 0.29) is 0 Å². The summed E-state index contributed by atoms with van der Waals surface area (Å²) < 4.78 is 0. The predicted molar refractivity (Wildman–Crippen MR) is 62.8 cm³/mol. The topological polar surface area (TPSA) is 24.9 Å². The number of aromatic nitrogens is 1. The third-order valence-corrected chi connectivity index (χ3v) is 3.34. The lowest BCUT2D eigenvalue weighted by Gasteiger charge is -2.10. The van der Waals surface area contributed by atoms with Crippen molar-refractivity contribution in [1.82, 2.24) is 10.3 Å². The Morgan fingerprint density at radius 1 is 1.50 bits per heavy atom. The van der Waals surface area contributed by atoms with Crippen LogP contribution in [0.25, 0.3) is 0 Å². The van der Waals surface area contributed by atoms with Gasteiger partial charge in [0.25, 0.3) is 0 Å². The molecule has 1 N–H and O–H groups in total. The van der Waals surface area contributed by atoms with Crippen LogP contribution in [-0.4, -0.2) is 11.5 Å². The predicted octanol–water partition coefficient (Wildman–Crippen LogP) is 3.29.